The molecule has 0 saturated heterocycles. The Morgan fingerprint density at radius 3 is 2.07 bits per heavy atom. The molecule has 0 bridgehead atoms. The molecule has 0 aliphatic heterocycles. The maximum atomic E-state index is 11.2. The number of carbonyl (C=O) groups excluding carboxylic acids is 1. The molecule has 0 unspecified atom stereocenters. The third kappa shape index (κ3) is 4.09. The lowest BCUT2D eigenvalue weighted by atomic mass is 9.69. The number of nitrogens with one attached hydrogen (secondary N) is 1. The highest BCUT2D eigenvalue weighted by Crippen LogP contribution is 2.36. The first kappa shape index (κ1) is 13.4. The predicted molar refractivity (Wildman–Crippen MR) is 59.9 cm³/mol. The minimum atomic E-state index is 0.0461. The standard InChI is InChI=1S/C11H24N2O/c1-10(2,3)11(4,5)8-13-9(14)6-7-12/h6-8,12H2,1-5H3,(H,13,14). The molecule has 3 heteroatoms. The van der Waals surface area contributed by atoms with Gasteiger partial charge < -0.3 is 11.1 Å². The molecule has 0 aromatic carbocycles. The van der Waals surface area contributed by atoms with Gasteiger partial charge in [-0.3, -0.25) is 4.79 Å². The molecule has 3 N–H and O–H groups in total. The van der Waals surface area contributed by atoms with Crippen LogP contribution >= 0.6 is 0 Å². The van der Waals surface area contributed by atoms with E-state index in [2.05, 4.69) is 39.9 Å². The van der Waals surface area contributed by atoms with Gasteiger partial charge in [-0.1, -0.05) is 34.6 Å². The lowest BCUT2D eigenvalue weighted by molar-refractivity contribution is -0.121. The SMILES string of the molecule is CC(C)(C)C(C)(C)CNC(=O)CCN. The van der Waals surface area contributed by atoms with E-state index >= 15 is 0 Å². The van der Waals surface area contributed by atoms with Gasteiger partial charge in [-0.2, -0.15) is 0 Å². The summed E-state index contributed by atoms with van der Waals surface area (Å²) < 4.78 is 0. The highest BCUT2D eigenvalue weighted by atomic mass is 16.1. The zero-order valence-electron chi connectivity index (χ0n) is 10.1. The molecule has 0 rings (SSSR count). The van der Waals surface area contributed by atoms with Gasteiger partial charge in [0.05, 0.1) is 0 Å². The van der Waals surface area contributed by atoms with E-state index in [9.17, 15) is 4.79 Å². The van der Waals surface area contributed by atoms with E-state index in [0.717, 1.165) is 0 Å². The van der Waals surface area contributed by atoms with Crippen molar-refractivity contribution >= 4 is 5.91 Å². The van der Waals surface area contributed by atoms with E-state index in [4.69, 9.17) is 5.73 Å². The first-order valence-electron chi connectivity index (χ1n) is 5.17. The maximum absolute atomic E-state index is 11.2. The molecule has 0 fully saturated rings. The second-order valence-electron chi connectivity index (χ2n) is 5.45. The fraction of sp³-hybridized carbons (Fsp3) is 0.909. The average molecular weight is 200 g/mol. The summed E-state index contributed by atoms with van der Waals surface area (Å²) in [5.41, 5.74) is 5.57. The molecule has 3 nitrogen and oxygen atoms in total. The first-order chi connectivity index (χ1) is 6.20. The molecule has 0 aromatic rings. The topological polar surface area (TPSA) is 55.1 Å². The number of hydrogen-bond donors (Lipinski definition) is 2. The summed E-state index contributed by atoms with van der Waals surface area (Å²) in [6, 6.07) is 0. The summed E-state index contributed by atoms with van der Waals surface area (Å²) in [4.78, 5) is 11.2. The molecule has 0 aliphatic carbocycles. The number of hydrogen-bond acceptors (Lipinski definition) is 2. The Morgan fingerprint density at radius 1 is 1.21 bits per heavy atom. The Kier molecular flexibility index (Phi) is 4.59. The van der Waals surface area contributed by atoms with Crippen molar-refractivity contribution in [3.8, 4) is 0 Å². The Bertz CT molecular complexity index is 192. The van der Waals surface area contributed by atoms with Crippen LogP contribution < -0.4 is 11.1 Å². The van der Waals surface area contributed by atoms with Gasteiger partial charge >= 0.3 is 0 Å². The number of amides is 1. The lowest BCUT2D eigenvalue weighted by Crippen LogP contribution is -2.42. The van der Waals surface area contributed by atoms with E-state index in [1.165, 1.54) is 0 Å². The largest absolute Gasteiger partial charge is 0.356 e. The second kappa shape index (κ2) is 4.78. The molecule has 0 atom stereocenters. The van der Waals surface area contributed by atoms with Crippen molar-refractivity contribution in [1.29, 1.82) is 0 Å². The Balaban J connectivity index is 4.06. The highest BCUT2D eigenvalue weighted by molar-refractivity contribution is 5.76. The summed E-state index contributed by atoms with van der Waals surface area (Å²) in [5.74, 6) is 0.0461. The molecule has 0 aliphatic rings. The van der Waals surface area contributed by atoms with Gasteiger partial charge in [0.15, 0.2) is 0 Å². The van der Waals surface area contributed by atoms with E-state index in [1.54, 1.807) is 0 Å². The van der Waals surface area contributed by atoms with Gasteiger partial charge in [0, 0.05) is 19.5 Å². The van der Waals surface area contributed by atoms with Crippen LogP contribution in [0, 0.1) is 10.8 Å². The normalized spacial score (nSPS) is 12.7. The van der Waals surface area contributed by atoms with Crippen LogP contribution in [-0.2, 0) is 4.79 Å². The minimum absolute atomic E-state index is 0.0461. The molecule has 14 heavy (non-hydrogen) atoms. The molecule has 0 radical (unpaired) electrons. The Morgan fingerprint density at radius 2 is 1.71 bits per heavy atom. The van der Waals surface area contributed by atoms with E-state index in [-0.39, 0.29) is 16.7 Å². The monoisotopic (exact) mass is 200 g/mol. The third-order valence-electron chi connectivity index (χ3n) is 3.13. The van der Waals surface area contributed by atoms with Crippen molar-refractivity contribution in [1.82, 2.24) is 5.32 Å². The fourth-order valence-electron chi connectivity index (χ4n) is 0.804. The van der Waals surface area contributed by atoms with Crippen LogP contribution in [0.15, 0.2) is 0 Å². The summed E-state index contributed by atoms with van der Waals surface area (Å²) in [7, 11) is 0. The molecule has 0 saturated carbocycles. The van der Waals surface area contributed by atoms with Gasteiger partial charge in [-0.05, 0) is 10.8 Å². The van der Waals surface area contributed by atoms with E-state index < -0.39 is 0 Å². The predicted octanol–water partition coefficient (Wildman–Crippen LogP) is 1.52. The average Bonchev–Trinajstić information content (AvgIpc) is 1.99. The molecular formula is C11H24N2O. The second-order valence-corrected chi connectivity index (χ2v) is 5.45. The number of rotatable bonds is 4. The van der Waals surface area contributed by atoms with Crippen molar-refractivity contribution in [2.24, 2.45) is 16.6 Å². The van der Waals surface area contributed by atoms with Crippen LogP contribution in [0.5, 0.6) is 0 Å². The molecule has 0 aromatic heterocycles. The molecule has 84 valence electrons. The van der Waals surface area contributed by atoms with Gasteiger partial charge in [-0.15, -0.1) is 0 Å². The smallest absolute Gasteiger partial charge is 0.221 e. The fourth-order valence-corrected chi connectivity index (χ4v) is 0.804. The molecule has 0 heterocycles. The Hall–Kier alpha value is -0.570. The zero-order valence-corrected chi connectivity index (χ0v) is 10.1. The molecular weight excluding hydrogens is 176 g/mol. The third-order valence-corrected chi connectivity index (χ3v) is 3.13. The van der Waals surface area contributed by atoms with Crippen LogP contribution in [0.2, 0.25) is 0 Å². The van der Waals surface area contributed by atoms with E-state index in [1.807, 2.05) is 0 Å². The van der Waals surface area contributed by atoms with Gasteiger partial charge in [0.2, 0.25) is 5.91 Å². The maximum Gasteiger partial charge on any atom is 0.221 e. The Labute approximate surface area is 87.4 Å². The van der Waals surface area contributed by atoms with Crippen LogP contribution in [0.1, 0.15) is 41.0 Å². The summed E-state index contributed by atoms with van der Waals surface area (Å²) in [6.07, 6.45) is 0.417. The quantitative estimate of drug-likeness (QED) is 0.723. The van der Waals surface area contributed by atoms with Crippen molar-refractivity contribution in [3.63, 3.8) is 0 Å². The van der Waals surface area contributed by atoms with Gasteiger partial charge in [-0.25, -0.2) is 0 Å². The lowest BCUT2D eigenvalue weighted by Gasteiger charge is -2.38. The highest BCUT2D eigenvalue weighted by Gasteiger charge is 2.32. The number of nitrogens with two attached hydrogens (primary N) is 1. The van der Waals surface area contributed by atoms with Crippen molar-refractivity contribution in [3.05, 3.63) is 0 Å². The van der Waals surface area contributed by atoms with E-state index in [0.29, 0.717) is 19.5 Å². The zero-order chi connectivity index (χ0) is 11.4. The van der Waals surface area contributed by atoms with Crippen LogP contribution in [0.25, 0.3) is 0 Å². The van der Waals surface area contributed by atoms with Crippen LogP contribution in [0.4, 0.5) is 0 Å². The number of carbonyl (C=O) groups is 1. The first-order valence-corrected chi connectivity index (χ1v) is 5.17. The van der Waals surface area contributed by atoms with Crippen LogP contribution in [0.3, 0.4) is 0 Å². The molecule has 1 amide bonds. The molecule has 0 spiro atoms. The van der Waals surface area contributed by atoms with Gasteiger partial charge in [0.1, 0.15) is 0 Å². The summed E-state index contributed by atoms with van der Waals surface area (Å²) >= 11 is 0. The van der Waals surface area contributed by atoms with Crippen molar-refractivity contribution in [2.75, 3.05) is 13.1 Å². The summed E-state index contributed by atoms with van der Waals surface area (Å²) in [5, 5.41) is 2.91. The summed E-state index contributed by atoms with van der Waals surface area (Å²) in [6.45, 7) is 12.0. The van der Waals surface area contributed by atoms with Crippen LogP contribution in [-0.4, -0.2) is 19.0 Å². The van der Waals surface area contributed by atoms with Gasteiger partial charge in [0.25, 0.3) is 0 Å². The minimum Gasteiger partial charge on any atom is -0.356 e. The van der Waals surface area contributed by atoms with Crippen molar-refractivity contribution < 1.29 is 4.79 Å². The van der Waals surface area contributed by atoms with Crippen molar-refractivity contribution in [2.45, 2.75) is 41.0 Å².